The Kier molecular flexibility index (Phi) is 4.81. The van der Waals surface area contributed by atoms with Crippen LogP contribution in [0.1, 0.15) is 37.0 Å². The Morgan fingerprint density at radius 1 is 1.57 bits per heavy atom. The van der Waals surface area contributed by atoms with Crippen LogP contribution in [0.2, 0.25) is 0 Å². The number of aromatic nitrogens is 2. The van der Waals surface area contributed by atoms with Gasteiger partial charge in [-0.3, -0.25) is 4.79 Å². The van der Waals surface area contributed by atoms with Crippen LogP contribution in [0.15, 0.2) is 18.2 Å². The molecule has 0 saturated heterocycles. The van der Waals surface area contributed by atoms with Gasteiger partial charge in [0.15, 0.2) is 0 Å². The number of amides is 1. The van der Waals surface area contributed by atoms with Crippen molar-refractivity contribution in [2.75, 3.05) is 6.54 Å². The molecule has 1 atom stereocenters. The topological polar surface area (TPSA) is 70.7 Å². The molecule has 1 aromatic heterocycles. The number of halogens is 1. The van der Waals surface area contributed by atoms with Crippen LogP contribution < -0.4 is 5.32 Å². The number of aryl methyl sites for hydroxylation is 1. The van der Waals surface area contributed by atoms with E-state index >= 15 is 0 Å². The van der Waals surface area contributed by atoms with E-state index < -0.39 is 0 Å². The summed E-state index contributed by atoms with van der Waals surface area (Å²) in [5.74, 6) is 0.669. The molecule has 0 bridgehead atoms. The van der Waals surface area contributed by atoms with Gasteiger partial charge in [-0.05, 0) is 26.0 Å². The molecule has 6 heteroatoms. The molecule has 1 aromatic carbocycles. The van der Waals surface area contributed by atoms with E-state index in [1.165, 1.54) is 0 Å². The lowest BCUT2D eigenvalue weighted by atomic mass is 10.2. The number of nitrogens with one attached hydrogen (secondary N) is 1. The Hall–Kier alpha value is -2.06. The summed E-state index contributed by atoms with van der Waals surface area (Å²) >= 11 is 6.18. The van der Waals surface area contributed by atoms with E-state index in [1.54, 1.807) is 6.07 Å². The zero-order valence-corrected chi connectivity index (χ0v) is 12.8. The lowest BCUT2D eigenvalue weighted by molar-refractivity contribution is -0.121. The Morgan fingerprint density at radius 3 is 2.95 bits per heavy atom. The SMILES string of the molecule is CCNC(=O)CCn1c(C(C)Cl)nc2c(C#N)cccc21. The highest BCUT2D eigenvalue weighted by atomic mass is 35.5. The monoisotopic (exact) mass is 304 g/mol. The minimum Gasteiger partial charge on any atom is -0.356 e. The zero-order valence-electron chi connectivity index (χ0n) is 12.1. The number of hydrogen-bond acceptors (Lipinski definition) is 3. The van der Waals surface area contributed by atoms with Crippen molar-refractivity contribution in [3.63, 3.8) is 0 Å². The predicted octanol–water partition coefficient (Wildman–Crippen LogP) is 2.73. The highest BCUT2D eigenvalue weighted by Gasteiger charge is 2.17. The first-order valence-corrected chi connectivity index (χ1v) is 7.32. The Morgan fingerprint density at radius 2 is 2.33 bits per heavy atom. The quantitative estimate of drug-likeness (QED) is 0.863. The van der Waals surface area contributed by atoms with Gasteiger partial charge in [-0.15, -0.1) is 11.6 Å². The molecule has 1 N–H and O–H groups in total. The molecule has 0 spiro atoms. The average molecular weight is 305 g/mol. The molecular formula is C15H17ClN4O. The molecule has 1 unspecified atom stereocenters. The van der Waals surface area contributed by atoms with E-state index in [9.17, 15) is 4.79 Å². The lowest BCUT2D eigenvalue weighted by Gasteiger charge is -2.10. The van der Waals surface area contributed by atoms with Crippen LogP contribution >= 0.6 is 11.6 Å². The lowest BCUT2D eigenvalue weighted by Crippen LogP contribution is -2.24. The van der Waals surface area contributed by atoms with Gasteiger partial charge in [-0.25, -0.2) is 4.98 Å². The standard InChI is InChI=1S/C15H17ClN4O/c1-3-18-13(21)7-8-20-12-6-4-5-11(9-17)14(12)19-15(20)10(2)16/h4-6,10H,3,7-8H2,1-2H3,(H,18,21). The molecule has 0 fully saturated rings. The van der Waals surface area contributed by atoms with Gasteiger partial charge in [-0.2, -0.15) is 5.26 Å². The number of alkyl halides is 1. The van der Waals surface area contributed by atoms with E-state index in [4.69, 9.17) is 16.9 Å². The first kappa shape index (κ1) is 15.3. The molecule has 0 aliphatic carbocycles. The number of carbonyl (C=O) groups is 1. The van der Waals surface area contributed by atoms with Crippen LogP contribution in [0, 0.1) is 11.3 Å². The minimum absolute atomic E-state index is 0.0102. The van der Waals surface area contributed by atoms with Gasteiger partial charge in [0.05, 0.1) is 16.5 Å². The van der Waals surface area contributed by atoms with Gasteiger partial charge in [-0.1, -0.05) is 6.07 Å². The molecule has 5 nitrogen and oxygen atoms in total. The first-order valence-electron chi connectivity index (χ1n) is 6.88. The fraction of sp³-hybridized carbons (Fsp3) is 0.400. The average Bonchev–Trinajstić information content (AvgIpc) is 2.84. The molecule has 0 radical (unpaired) electrons. The molecular weight excluding hydrogens is 288 g/mol. The summed E-state index contributed by atoms with van der Waals surface area (Å²) in [6.07, 6.45) is 0.354. The van der Waals surface area contributed by atoms with E-state index in [0.717, 1.165) is 5.52 Å². The molecule has 1 heterocycles. The molecule has 2 rings (SSSR count). The van der Waals surface area contributed by atoms with Crippen LogP contribution in [0.3, 0.4) is 0 Å². The normalized spacial score (nSPS) is 12.1. The van der Waals surface area contributed by atoms with E-state index in [-0.39, 0.29) is 11.3 Å². The number of nitriles is 1. The first-order chi connectivity index (χ1) is 10.1. The smallest absolute Gasteiger partial charge is 0.221 e. The third-order valence-electron chi connectivity index (χ3n) is 3.22. The summed E-state index contributed by atoms with van der Waals surface area (Å²) in [5.41, 5.74) is 1.99. The van der Waals surface area contributed by atoms with Crippen molar-refractivity contribution >= 4 is 28.5 Å². The van der Waals surface area contributed by atoms with E-state index in [2.05, 4.69) is 16.4 Å². The minimum atomic E-state index is -0.293. The summed E-state index contributed by atoms with van der Waals surface area (Å²) < 4.78 is 1.92. The van der Waals surface area contributed by atoms with Gasteiger partial charge < -0.3 is 9.88 Å². The van der Waals surface area contributed by atoms with Crippen LogP contribution in [0.5, 0.6) is 0 Å². The number of nitrogens with zero attached hydrogens (tertiary/aromatic N) is 3. The number of imidazole rings is 1. The van der Waals surface area contributed by atoms with Gasteiger partial charge in [0.1, 0.15) is 17.4 Å². The summed E-state index contributed by atoms with van der Waals surface area (Å²) in [6.45, 7) is 4.82. The van der Waals surface area contributed by atoms with Crippen molar-refractivity contribution < 1.29 is 4.79 Å². The number of rotatable bonds is 5. The van der Waals surface area contributed by atoms with Crippen molar-refractivity contribution in [3.8, 4) is 6.07 Å². The van der Waals surface area contributed by atoms with E-state index in [0.29, 0.717) is 36.4 Å². The molecule has 0 aliphatic rings. The molecule has 0 saturated carbocycles. The van der Waals surface area contributed by atoms with Crippen molar-refractivity contribution in [2.24, 2.45) is 0 Å². The predicted molar refractivity (Wildman–Crippen MR) is 82.0 cm³/mol. The number of carbonyl (C=O) groups excluding carboxylic acids is 1. The maximum Gasteiger partial charge on any atom is 0.221 e. The third-order valence-corrected chi connectivity index (χ3v) is 3.42. The summed E-state index contributed by atoms with van der Waals surface area (Å²) in [5, 5.41) is 11.6. The van der Waals surface area contributed by atoms with Crippen LogP contribution in [-0.4, -0.2) is 22.0 Å². The second-order valence-electron chi connectivity index (χ2n) is 4.73. The van der Waals surface area contributed by atoms with Crippen LogP contribution in [-0.2, 0) is 11.3 Å². The Labute approximate surface area is 128 Å². The maximum atomic E-state index is 11.6. The van der Waals surface area contributed by atoms with E-state index in [1.807, 2.05) is 30.5 Å². The second kappa shape index (κ2) is 6.59. The summed E-state index contributed by atoms with van der Waals surface area (Å²) in [6, 6.07) is 7.57. The van der Waals surface area contributed by atoms with Crippen molar-refractivity contribution in [2.45, 2.75) is 32.2 Å². The highest BCUT2D eigenvalue weighted by Crippen LogP contribution is 2.26. The fourth-order valence-electron chi connectivity index (χ4n) is 2.29. The number of benzene rings is 1. The molecule has 110 valence electrons. The molecule has 0 aliphatic heterocycles. The Bertz CT molecular complexity index is 699. The maximum absolute atomic E-state index is 11.6. The van der Waals surface area contributed by atoms with Crippen LogP contribution in [0.4, 0.5) is 0 Å². The molecule has 2 aromatic rings. The largest absolute Gasteiger partial charge is 0.356 e. The zero-order chi connectivity index (χ0) is 15.4. The van der Waals surface area contributed by atoms with Crippen molar-refractivity contribution in [3.05, 3.63) is 29.6 Å². The highest BCUT2D eigenvalue weighted by molar-refractivity contribution is 6.20. The summed E-state index contributed by atoms with van der Waals surface area (Å²) in [7, 11) is 0. The van der Waals surface area contributed by atoms with Crippen molar-refractivity contribution in [1.29, 1.82) is 5.26 Å². The molecule has 21 heavy (non-hydrogen) atoms. The third kappa shape index (κ3) is 3.17. The fourth-order valence-corrected chi connectivity index (χ4v) is 2.46. The van der Waals surface area contributed by atoms with Gasteiger partial charge in [0.2, 0.25) is 5.91 Å². The second-order valence-corrected chi connectivity index (χ2v) is 5.38. The molecule has 1 amide bonds. The van der Waals surface area contributed by atoms with Gasteiger partial charge in [0, 0.05) is 19.5 Å². The number of hydrogen-bond donors (Lipinski definition) is 1. The van der Waals surface area contributed by atoms with Gasteiger partial charge in [0.25, 0.3) is 0 Å². The summed E-state index contributed by atoms with van der Waals surface area (Å²) in [4.78, 5) is 16.1. The van der Waals surface area contributed by atoms with Crippen LogP contribution in [0.25, 0.3) is 11.0 Å². The van der Waals surface area contributed by atoms with Gasteiger partial charge >= 0.3 is 0 Å². The number of para-hydroxylation sites is 1. The number of fused-ring (bicyclic) bond motifs is 1. The Balaban J connectivity index is 2.43. The van der Waals surface area contributed by atoms with Crippen molar-refractivity contribution in [1.82, 2.24) is 14.9 Å².